The van der Waals surface area contributed by atoms with Crippen LogP contribution in [0.25, 0.3) is 0 Å². The number of rotatable bonds is 4. The summed E-state index contributed by atoms with van der Waals surface area (Å²) >= 11 is 0. The van der Waals surface area contributed by atoms with Crippen molar-refractivity contribution in [2.45, 2.75) is 19.9 Å². The van der Waals surface area contributed by atoms with E-state index in [-0.39, 0.29) is 18.4 Å². The molecule has 0 spiro atoms. The van der Waals surface area contributed by atoms with Crippen molar-refractivity contribution in [2.75, 3.05) is 25.5 Å². The van der Waals surface area contributed by atoms with Crippen molar-refractivity contribution in [3.8, 4) is 0 Å². The molecular weight excluding hydrogens is 300 g/mol. The highest BCUT2D eigenvalue weighted by Crippen LogP contribution is 2.20. The monoisotopic (exact) mass is 318 g/mol. The molecule has 3 N–H and O–H groups in total. The van der Waals surface area contributed by atoms with Gasteiger partial charge in [0, 0.05) is 43.9 Å². The molecule has 0 aliphatic carbocycles. The van der Waals surface area contributed by atoms with Gasteiger partial charge < -0.3 is 15.2 Å². The molecule has 0 unspecified atom stereocenters. The number of amides is 2. The Balaban J connectivity index is 1.64. The molecule has 0 atom stereocenters. The van der Waals surface area contributed by atoms with Crippen molar-refractivity contribution < 1.29 is 14.1 Å². The molecule has 9 heteroatoms. The number of hydrogen-bond acceptors (Lipinski definition) is 6. The lowest BCUT2D eigenvalue weighted by atomic mass is 10.0. The Labute approximate surface area is 132 Å². The molecular formula is C14H18N6O3. The molecule has 9 nitrogen and oxygen atoms in total. The van der Waals surface area contributed by atoms with Crippen LogP contribution >= 0.6 is 0 Å². The average Bonchev–Trinajstić information content (AvgIpc) is 3.12. The van der Waals surface area contributed by atoms with E-state index in [1.54, 1.807) is 20.0 Å². The predicted octanol–water partition coefficient (Wildman–Crippen LogP) is 0.0625. The van der Waals surface area contributed by atoms with Gasteiger partial charge in [-0.05, 0) is 6.92 Å². The van der Waals surface area contributed by atoms with Gasteiger partial charge in [-0.3, -0.25) is 19.6 Å². The van der Waals surface area contributed by atoms with Crippen LogP contribution in [0, 0.1) is 6.92 Å². The fourth-order valence-corrected chi connectivity index (χ4v) is 2.60. The van der Waals surface area contributed by atoms with Crippen LogP contribution in [0.2, 0.25) is 0 Å². The van der Waals surface area contributed by atoms with Gasteiger partial charge in [0.1, 0.15) is 5.76 Å². The first kappa shape index (κ1) is 15.2. The quantitative estimate of drug-likeness (QED) is 0.734. The molecule has 2 amide bonds. The van der Waals surface area contributed by atoms with Gasteiger partial charge in [-0.25, -0.2) is 0 Å². The van der Waals surface area contributed by atoms with Crippen molar-refractivity contribution in [3.63, 3.8) is 0 Å². The van der Waals surface area contributed by atoms with Gasteiger partial charge in [-0.15, -0.1) is 0 Å². The maximum absolute atomic E-state index is 12.1. The van der Waals surface area contributed by atoms with Gasteiger partial charge in [0.2, 0.25) is 5.91 Å². The molecule has 3 rings (SSSR count). The van der Waals surface area contributed by atoms with E-state index in [0.29, 0.717) is 30.4 Å². The number of aryl methyl sites for hydroxylation is 1. The summed E-state index contributed by atoms with van der Waals surface area (Å²) in [4.78, 5) is 25.9. The van der Waals surface area contributed by atoms with Gasteiger partial charge in [-0.1, -0.05) is 5.16 Å². The summed E-state index contributed by atoms with van der Waals surface area (Å²) in [7, 11) is 1.57. The summed E-state index contributed by atoms with van der Waals surface area (Å²) < 4.78 is 4.91. The maximum Gasteiger partial charge on any atom is 0.271 e. The standard InChI is InChI=1S/C14H18N6O3/c1-8-5-11(19-23-8)16-12(21)7-20-4-3-10-9(6-20)13(18-17-10)14(22)15-2/h5H,3-4,6-7H2,1-2H3,(H,15,22)(H,17,18)(H,16,19,21). The minimum absolute atomic E-state index is 0.174. The molecule has 122 valence electrons. The molecule has 1 aliphatic heterocycles. The zero-order chi connectivity index (χ0) is 16.4. The van der Waals surface area contributed by atoms with E-state index in [0.717, 1.165) is 17.7 Å². The average molecular weight is 318 g/mol. The van der Waals surface area contributed by atoms with Gasteiger partial charge in [0.05, 0.1) is 6.54 Å². The second-order valence-electron chi connectivity index (χ2n) is 5.44. The molecule has 0 aromatic carbocycles. The van der Waals surface area contributed by atoms with E-state index in [4.69, 9.17) is 4.52 Å². The van der Waals surface area contributed by atoms with Crippen molar-refractivity contribution in [1.82, 2.24) is 25.6 Å². The zero-order valence-electron chi connectivity index (χ0n) is 13.0. The molecule has 0 saturated carbocycles. The molecule has 0 saturated heterocycles. The second kappa shape index (κ2) is 6.21. The van der Waals surface area contributed by atoms with E-state index in [1.165, 1.54) is 0 Å². The van der Waals surface area contributed by atoms with Gasteiger partial charge in [-0.2, -0.15) is 5.10 Å². The Hall–Kier alpha value is -2.68. The number of fused-ring (bicyclic) bond motifs is 1. The Morgan fingerprint density at radius 2 is 2.30 bits per heavy atom. The highest BCUT2D eigenvalue weighted by atomic mass is 16.5. The molecule has 0 radical (unpaired) electrons. The molecule has 23 heavy (non-hydrogen) atoms. The van der Waals surface area contributed by atoms with Crippen LogP contribution in [0.1, 0.15) is 27.5 Å². The summed E-state index contributed by atoms with van der Waals surface area (Å²) in [5.41, 5.74) is 2.19. The van der Waals surface area contributed by atoms with Crippen LogP contribution in [0.15, 0.2) is 10.6 Å². The zero-order valence-corrected chi connectivity index (χ0v) is 13.0. The SMILES string of the molecule is CNC(=O)c1n[nH]c2c1CN(CC(=O)Nc1cc(C)on1)CC2. The molecule has 0 bridgehead atoms. The highest BCUT2D eigenvalue weighted by Gasteiger charge is 2.26. The fraction of sp³-hybridized carbons (Fsp3) is 0.429. The fourth-order valence-electron chi connectivity index (χ4n) is 2.60. The van der Waals surface area contributed by atoms with Crippen molar-refractivity contribution >= 4 is 17.6 Å². The Kier molecular flexibility index (Phi) is 4.11. The molecule has 2 aromatic rings. The smallest absolute Gasteiger partial charge is 0.271 e. The van der Waals surface area contributed by atoms with E-state index in [9.17, 15) is 9.59 Å². The maximum atomic E-state index is 12.1. The predicted molar refractivity (Wildman–Crippen MR) is 80.8 cm³/mol. The minimum Gasteiger partial charge on any atom is -0.360 e. The molecule has 1 aliphatic rings. The van der Waals surface area contributed by atoms with E-state index in [1.807, 2.05) is 4.90 Å². The number of nitrogens with zero attached hydrogens (tertiary/aromatic N) is 3. The second-order valence-corrected chi connectivity index (χ2v) is 5.44. The third-order valence-electron chi connectivity index (χ3n) is 3.72. The normalized spacial score (nSPS) is 14.3. The Bertz CT molecular complexity index is 735. The van der Waals surface area contributed by atoms with E-state index in [2.05, 4.69) is 26.0 Å². The number of carbonyl (C=O) groups is 2. The van der Waals surface area contributed by atoms with Crippen LogP contribution in [-0.2, 0) is 17.8 Å². The largest absolute Gasteiger partial charge is 0.360 e. The van der Waals surface area contributed by atoms with Crippen LogP contribution in [0.4, 0.5) is 5.82 Å². The first-order chi connectivity index (χ1) is 11.1. The van der Waals surface area contributed by atoms with Gasteiger partial charge >= 0.3 is 0 Å². The minimum atomic E-state index is -0.230. The third kappa shape index (κ3) is 3.24. The third-order valence-corrected chi connectivity index (χ3v) is 3.72. The lowest BCUT2D eigenvalue weighted by Gasteiger charge is -2.25. The number of anilines is 1. The number of carbonyl (C=O) groups excluding carboxylic acids is 2. The van der Waals surface area contributed by atoms with Crippen molar-refractivity contribution in [1.29, 1.82) is 0 Å². The molecule has 3 heterocycles. The molecule has 0 fully saturated rings. The van der Waals surface area contributed by atoms with E-state index >= 15 is 0 Å². The lowest BCUT2D eigenvalue weighted by molar-refractivity contribution is -0.117. The highest BCUT2D eigenvalue weighted by molar-refractivity contribution is 5.94. The van der Waals surface area contributed by atoms with E-state index < -0.39 is 0 Å². The summed E-state index contributed by atoms with van der Waals surface area (Å²) in [6, 6.07) is 1.66. The Morgan fingerprint density at radius 3 is 3.00 bits per heavy atom. The summed E-state index contributed by atoms with van der Waals surface area (Å²) in [6.45, 7) is 3.19. The molecule has 2 aromatic heterocycles. The van der Waals surface area contributed by atoms with Crippen LogP contribution < -0.4 is 10.6 Å². The first-order valence-electron chi connectivity index (χ1n) is 7.30. The first-order valence-corrected chi connectivity index (χ1v) is 7.30. The summed E-state index contributed by atoms with van der Waals surface area (Å²) in [5.74, 6) is 0.634. The lowest BCUT2D eigenvalue weighted by Crippen LogP contribution is -2.37. The topological polar surface area (TPSA) is 116 Å². The summed E-state index contributed by atoms with van der Waals surface area (Å²) in [5, 5.41) is 16.0. The van der Waals surface area contributed by atoms with Gasteiger partial charge in [0.25, 0.3) is 5.91 Å². The number of hydrogen-bond donors (Lipinski definition) is 3. The summed E-state index contributed by atoms with van der Waals surface area (Å²) in [6.07, 6.45) is 0.718. The van der Waals surface area contributed by atoms with Crippen molar-refractivity contribution in [2.24, 2.45) is 0 Å². The van der Waals surface area contributed by atoms with Crippen LogP contribution in [-0.4, -0.2) is 52.2 Å². The Morgan fingerprint density at radius 1 is 1.48 bits per heavy atom. The number of nitrogens with one attached hydrogen (secondary N) is 3. The van der Waals surface area contributed by atoms with Gasteiger partial charge in [0.15, 0.2) is 11.5 Å². The number of H-pyrrole nitrogens is 1. The van der Waals surface area contributed by atoms with Crippen molar-refractivity contribution in [3.05, 3.63) is 28.8 Å². The van der Waals surface area contributed by atoms with Crippen LogP contribution in [0.3, 0.4) is 0 Å². The van der Waals surface area contributed by atoms with Crippen LogP contribution in [0.5, 0.6) is 0 Å². The number of aromatic amines is 1. The number of aromatic nitrogens is 3.